The monoisotopic (exact) mass is 339 g/mol. The van der Waals surface area contributed by atoms with Crippen LogP contribution in [-0.2, 0) is 11.2 Å². The summed E-state index contributed by atoms with van der Waals surface area (Å²) in [5.41, 5.74) is 7.13. The van der Waals surface area contributed by atoms with Crippen molar-refractivity contribution in [1.29, 1.82) is 0 Å². The molecule has 5 nitrogen and oxygen atoms in total. The van der Waals surface area contributed by atoms with Crippen LogP contribution < -0.4 is 5.73 Å². The highest BCUT2D eigenvalue weighted by molar-refractivity contribution is 9.10. The van der Waals surface area contributed by atoms with Crippen LogP contribution in [0.15, 0.2) is 33.3 Å². The van der Waals surface area contributed by atoms with Crippen LogP contribution in [0.2, 0.25) is 0 Å². The van der Waals surface area contributed by atoms with Gasteiger partial charge in [-0.2, -0.15) is 4.98 Å². The molecule has 1 unspecified atom stereocenters. The number of nitrogens with zero attached hydrogens (tertiary/aromatic N) is 2. The smallest absolute Gasteiger partial charge is 0.243 e. The number of hydrogen-bond donors (Lipinski definition) is 1. The lowest BCUT2D eigenvalue weighted by Crippen LogP contribution is -2.11. The summed E-state index contributed by atoms with van der Waals surface area (Å²) in [6.07, 6.45) is 2.26. The summed E-state index contributed by atoms with van der Waals surface area (Å²) in [4.78, 5) is 4.36. The molecular weight excluding hydrogens is 322 g/mol. The highest BCUT2D eigenvalue weighted by Gasteiger charge is 2.15. The van der Waals surface area contributed by atoms with Gasteiger partial charge in [-0.05, 0) is 24.5 Å². The van der Waals surface area contributed by atoms with Crippen molar-refractivity contribution in [2.24, 2.45) is 5.73 Å². The average Bonchev–Trinajstić information content (AvgIpc) is 2.90. The maximum atomic E-state index is 6.01. The average molecular weight is 340 g/mol. The van der Waals surface area contributed by atoms with E-state index >= 15 is 0 Å². The molecule has 1 aromatic carbocycles. The summed E-state index contributed by atoms with van der Waals surface area (Å²) >= 11 is 3.51. The molecule has 0 saturated heterocycles. The van der Waals surface area contributed by atoms with E-state index in [1.165, 1.54) is 0 Å². The predicted octanol–water partition coefficient (Wildman–Crippen LogP) is 2.85. The first-order valence-corrected chi connectivity index (χ1v) is 7.30. The van der Waals surface area contributed by atoms with Crippen LogP contribution >= 0.6 is 15.9 Å². The Kier molecular flexibility index (Phi) is 5.70. The second-order valence-corrected chi connectivity index (χ2v) is 5.41. The van der Waals surface area contributed by atoms with Gasteiger partial charge in [0.25, 0.3) is 0 Å². The topological polar surface area (TPSA) is 74.2 Å². The Bertz CT molecular complexity index is 545. The highest BCUT2D eigenvalue weighted by atomic mass is 79.9. The number of halogens is 1. The summed E-state index contributed by atoms with van der Waals surface area (Å²) in [5.74, 6) is 1.14. The summed E-state index contributed by atoms with van der Waals surface area (Å²) in [6, 6.07) is 7.75. The normalized spacial score (nSPS) is 12.6. The van der Waals surface area contributed by atoms with Crippen molar-refractivity contribution in [2.75, 3.05) is 13.7 Å². The Morgan fingerprint density at radius 2 is 2.20 bits per heavy atom. The van der Waals surface area contributed by atoms with Crippen LogP contribution in [0.3, 0.4) is 0 Å². The van der Waals surface area contributed by atoms with Crippen molar-refractivity contribution < 1.29 is 9.26 Å². The van der Waals surface area contributed by atoms with Crippen LogP contribution in [0.5, 0.6) is 0 Å². The van der Waals surface area contributed by atoms with Crippen molar-refractivity contribution >= 4 is 15.9 Å². The third-order valence-electron chi connectivity index (χ3n) is 2.97. The van der Waals surface area contributed by atoms with Gasteiger partial charge < -0.3 is 15.0 Å². The summed E-state index contributed by atoms with van der Waals surface area (Å²) < 4.78 is 11.3. The lowest BCUT2D eigenvalue weighted by Gasteiger charge is -2.05. The van der Waals surface area contributed by atoms with Crippen molar-refractivity contribution in [1.82, 2.24) is 10.1 Å². The minimum absolute atomic E-state index is 0.231. The van der Waals surface area contributed by atoms with Gasteiger partial charge in [-0.15, -0.1) is 0 Å². The van der Waals surface area contributed by atoms with E-state index in [0.29, 0.717) is 24.7 Å². The van der Waals surface area contributed by atoms with Gasteiger partial charge in [0, 0.05) is 24.6 Å². The summed E-state index contributed by atoms with van der Waals surface area (Å²) in [6.45, 7) is 0.686. The lowest BCUT2D eigenvalue weighted by molar-refractivity contribution is 0.188. The molecule has 0 aliphatic carbocycles. The molecule has 6 heteroatoms. The van der Waals surface area contributed by atoms with Gasteiger partial charge in [0.15, 0.2) is 5.82 Å². The molecule has 1 heterocycles. The molecule has 0 aliphatic rings. The van der Waals surface area contributed by atoms with Gasteiger partial charge in [-0.25, -0.2) is 0 Å². The van der Waals surface area contributed by atoms with Gasteiger partial charge in [0.2, 0.25) is 5.89 Å². The van der Waals surface area contributed by atoms with Gasteiger partial charge >= 0.3 is 0 Å². The summed E-state index contributed by atoms with van der Waals surface area (Å²) in [7, 11) is 1.67. The predicted molar refractivity (Wildman–Crippen MR) is 79.3 cm³/mol. The van der Waals surface area contributed by atoms with Crippen molar-refractivity contribution in [2.45, 2.75) is 25.3 Å². The number of ether oxygens (including phenoxy) is 1. The largest absolute Gasteiger partial charge is 0.385 e. The van der Waals surface area contributed by atoms with Crippen molar-refractivity contribution in [3.63, 3.8) is 0 Å². The third-order valence-corrected chi connectivity index (χ3v) is 3.74. The quantitative estimate of drug-likeness (QED) is 0.785. The number of aromatic nitrogens is 2. The van der Waals surface area contributed by atoms with Gasteiger partial charge in [-0.1, -0.05) is 39.3 Å². The Hall–Kier alpha value is -1.24. The van der Waals surface area contributed by atoms with Gasteiger partial charge in [0.05, 0.1) is 6.04 Å². The molecule has 2 aromatic rings. The van der Waals surface area contributed by atoms with Crippen LogP contribution in [0, 0.1) is 0 Å². The van der Waals surface area contributed by atoms with E-state index in [-0.39, 0.29) is 6.04 Å². The van der Waals surface area contributed by atoms with E-state index in [9.17, 15) is 0 Å². The van der Waals surface area contributed by atoms with Crippen LogP contribution in [0.25, 0.3) is 0 Å². The zero-order chi connectivity index (χ0) is 14.4. The molecule has 1 aromatic heterocycles. The fourth-order valence-electron chi connectivity index (χ4n) is 1.87. The van der Waals surface area contributed by atoms with E-state index in [0.717, 1.165) is 22.9 Å². The molecule has 0 fully saturated rings. The van der Waals surface area contributed by atoms with Crippen molar-refractivity contribution in [3.05, 3.63) is 46.0 Å². The van der Waals surface area contributed by atoms with E-state index in [1.807, 2.05) is 24.3 Å². The van der Waals surface area contributed by atoms with E-state index in [2.05, 4.69) is 26.1 Å². The second kappa shape index (κ2) is 7.52. The highest BCUT2D eigenvalue weighted by Crippen LogP contribution is 2.20. The maximum absolute atomic E-state index is 6.01. The third kappa shape index (κ3) is 4.13. The molecular formula is C14H18BrN3O2. The van der Waals surface area contributed by atoms with Gasteiger partial charge in [-0.3, -0.25) is 0 Å². The Morgan fingerprint density at radius 1 is 1.40 bits per heavy atom. The summed E-state index contributed by atoms with van der Waals surface area (Å²) in [5, 5.41) is 3.98. The Morgan fingerprint density at radius 3 is 2.95 bits per heavy atom. The zero-order valence-corrected chi connectivity index (χ0v) is 13.0. The van der Waals surface area contributed by atoms with E-state index in [1.54, 1.807) is 7.11 Å². The molecule has 2 N–H and O–H groups in total. The molecule has 1 atom stereocenters. The first kappa shape index (κ1) is 15.2. The first-order valence-electron chi connectivity index (χ1n) is 6.51. The number of rotatable bonds is 7. The number of nitrogens with two attached hydrogens (primary N) is 1. The zero-order valence-electron chi connectivity index (χ0n) is 11.4. The fraction of sp³-hybridized carbons (Fsp3) is 0.429. The van der Waals surface area contributed by atoms with E-state index in [4.69, 9.17) is 15.0 Å². The molecule has 108 valence electrons. The molecule has 2 rings (SSSR count). The molecule has 20 heavy (non-hydrogen) atoms. The molecule has 0 radical (unpaired) electrons. The fourth-order valence-corrected chi connectivity index (χ4v) is 2.30. The number of methoxy groups -OCH3 is 1. The van der Waals surface area contributed by atoms with Crippen molar-refractivity contribution in [3.8, 4) is 0 Å². The Labute approximate surface area is 126 Å². The van der Waals surface area contributed by atoms with Crippen LogP contribution in [0.4, 0.5) is 0 Å². The minimum atomic E-state index is -0.231. The van der Waals surface area contributed by atoms with Crippen LogP contribution in [0.1, 0.15) is 36.2 Å². The number of benzene rings is 1. The lowest BCUT2D eigenvalue weighted by atomic mass is 10.1. The SMILES string of the molecule is COCCCC(N)c1nc(Cc2ccccc2Br)no1. The molecule has 0 saturated carbocycles. The standard InChI is InChI=1S/C14H18BrN3O2/c1-19-8-4-7-12(16)14-17-13(18-20-14)9-10-5-2-3-6-11(10)15/h2-3,5-6,12H,4,7-9,16H2,1H3. The minimum Gasteiger partial charge on any atom is -0.385 e. The number of hydrogen-bond acceptors (Lipinski definition) is 5. The second-order valence-electron chi connectivity index (χ2n) is 4.56. The first-order chi connectivity index (χ1) is 9.70. The molecule has 0 bridgehead atoms. The Balaban J connectivity index is 1.97. The molecule has 0 spiro atoms. The van der Waals surface area contributed by atoms with E-state index < -0.39 is 0 Å². The van der Waals surface area contributed by atoms with Crippen LogP contribution in [-0.4, -0.2) is 23.9 Å². The molecule has 0 aliphatic heterocycles. The molecule has 0 amide bonds. The van der Waals surface area contributed by atoms with Gasteiger partial charge in [0.1, 0.15) is 0 Å². The maximum Gasteiger partial charge on any atom is 0.243 e.